The first-order valence-corrected chi connectivity index (χ1v) is 4.52. The molecular formula is C10H11ClN2O. The number of amides is 2. The van der Waals surface area contributed by atoms with E-state index in [0.29, 0.717) is 17.3 Å². The minimum absolute atomic E-state index is 0.294. The Hall–Kier alpha value is -1.48. The van der Waals surface area contributed by atoms with E-state index in [0.717, 1.165) is 0 Å². The van der Waals surface area contributed by atoms with Gasteiger partial charge in [0.05, 0.1) is 10.7 Å². The van der Waals surface area contributed by atoms with Crippen molar-refractivity contribution in [2.24, 2.45) is 0 Å². The molecule has 0 fully saturated rings. The van der Waals surface area contributed by atoms with Crippen LogP contribution in [0.2, 0.25) is 5.02 Å². The van der Waals surface area contributed by atoms with E-state index in [1.807, 2.05) is 0 Å². The van der Waals surface area contributed by atoms with Gasteiger partial charge in [-0.2, -0.15) is 0 Å². The van der Waals surface area contributed by atoms with Gasteiger partial charge in [0.1, 0.15) is 0 Å². The van der Waals surface area contributed by atoms with Gasteiger partial charge in [0.25, 0.3) is 0 Å². The normalized spacial score (nSPS) is 9.21. The molecule has 0 spiro atoms. The van der Waals surface area contributed by atoms with E-state index in [9.17, 15) is 4.79 Å². The number of para-hydroxylation sites is 1. The van der Waals surface area contributed by atoms with Crippen molar-refractivity contribution in [1.82, 2.24) is 5.32 Å². The number of anilines is 1. The van der Waals surface area contributed by atoms with Crippen molar-refractivity contribution in [2.75, 3.05) is 11.9 Å². The Bertz CT molecular complexity index is 339. The summed E-state index contributed by atoms with van der Waals surface area (Å²) < 4.78 is 0. The van der Waals surface area contributed by atoms with Crippen LogP contribution in [0.5, 0.6) is 0 Å². The average molecular weight is 211 g/mol. The molecule has 2 N–H and O–H groups in total. The molecule has 0 saturated carbocycles. The molecule has 0 atom stereocenters. The van der Waals surface area contributed by atoms with Crippen LogP contribution in [-0.2, 0) is 0 Å². The summed E-state index contributed by atoms with van der Waals surface area (Å²) in [5.41, 5.74) is 0.593. The van der Waals surface area contributed by atoms with Gasteiger partial charge in [0.15, 0.2) is 0 Å². The number of carbonyl (C=O) groups excluding carboxylic acids is 1. The van der Waals surface area contributed by atoms with E-state index >= 15 is 0 Å². The SMILES string of the molecule is C=CCNC(=O)Nc1ccccc1Cl. The van der Waals surface area contributed by atoms with Crippen LogP contribution >= 0.6 is 11.6 Å². The van der Waals surface area contributed by atoms with E-state index in [2.05, 4.69) is 17.2 Å². The van der Waals surface area contributed by atoms with Gasteiger partial charge < -0.3 is 10.6 Å². The Morgan fingerprint density at radius 2 is 2.21 bits per heavy atom. The Morgan fingerprint density at radius 1 is 1.50 bits per heavy atom. The number of hydrogen-bond acceptors (Lipinski definition) is 1. The smallest absolute Gasteiger partial charge is 0.319 e. The van der Waals surface area contributed by atoms with Crippen molar-refractivity contribution in [3.8, 4) is 0 Å². The lowest BCUT2D eigenvalue weighted by Gasteiger charge is -2.06. The molecule has 1 aromatic rings. The first kappa shape index (κ1) is 10.6. The van der Waals surface area contributed by atoms with Crippen LogP contribution in [0.25, 0.3) is 0 Å². The maximum atomic E-state index is 11.2. The zero-order chi connectivity index (χ0) is 10.4. The maximum absolute atomic E-state index is 11.2. The first-order valence-electron chi connectivity index (χ1n) is 4.14. The van der Waals surface area contributed by atoms with Gasteiger partial charge in [-0.25, -0.2) is 4.79 Å². The minimum Gasteiger partial charge on any atom is -0.334 e. The highest BCUT2D eigenvalue weighted by molar-refractivity contribution is 6.33. The van der Waals surface area contributed by atoms with Gasteiger partial charge in [-0.3, -0.25) is 0 Å². The summed E-state index contributed by atoms with van der Waals surface area (Å²) in [5.74, 6) is 0. The van der Waals surface area contributed by atoms with Crippen molar-refractivity contribution in [3.05, 3.63) is 41.9 Å². The number of halogens is 1. The second-order valence-corrected chi connectivity index (χ2v) is 3.01. The quantitative estimate of drug-likeness (QED) is 0.740. The molecule has 0 heterocycles. The number of hydrogen-bond donors (Lipinski definition) is 2. The average Bonchev–Trinajstić information content (AvgIpc) is 2.18. The van der Waals surface area contributed by atoms with Crippen LogP contribution in [0, 0.1) is 0 Å². The van der Waals surface area contributed by atoms with Crippen LogP contribution < -0.4 is 10.6 Å². The Morgan fingerprint density at radius 3 is 2.86 bits per heavy atom. The second kappa shape index (κ2) is 5.29. The molecule has 1 aromatic carbocycles. The molecular weight excluding hydrogens is 200 g/mol. The van der Waals surface area contributed by atoms with Crippen LogP contribution in [0.4, 0.5) is 10.5 Å². The molecule has 0 aromatic heterocycles. The molecule has 0 bridgehead atoms. The van der Waals surface area contributed by atoms with Crippen LogP contribution in [0.3, 0.4) is 0 Å². The molecule has 2 amide bonds. The van der Waals surface area contributed by atoms with Crippen molar-refractivity contribution in [1.29, 1.82) is 0 Å². The summed E-state index contributed by atoms with van der Waals surface area (Å²) in [7, 11) is 0. The monoisotopic (exact) mass is 210 g/mol. The lowest BCUT2D eigenvalue weighted by molar-refractivity contribution is 0.253. The van der Waals surface area contributed by atoms with Gasteiger partial charge in [-0.1, -0.05) is 29.8 Å². The molecule has 0 radical (unpaired) electrons. The molecule has 0 aliphatic heterocycles. The summed E-state index contributed by atoms with van der Waals surface area (Å²) in [6.45, 7) is 3.92. The molecule has 4 heteroatoms. The molecule has 0 aliphatic rings. The van der Waals surface area contributed by atoms with Gasteiger partial charge in [-0.15, -0.1) is 6.58 Å². The molecule has 1 rings (SSSR count). The Balaban J connectivity index is 2.56. The molecule has 74 valence electrons. The number of rotatable bonds is 3. The number of benzene rings is 1. The maximum Gasteiger partial charge on any atom is 0.319 e. The Kier molecular flexibility index (Phi) is 4.01. The van der Waals surface area contributed by atoms with E-state index < -0.39 is 0 Å². The lowest BCUT2D eigenvalue weighted by Crippen LogP contribution is -2.28. The third-order valence-electron chi connectivity index (χ3n) is 1.53. The van der Waals surface area contributed by atoms with Crippen molar-refractivity contribution in [3.63, 3.8) is 0 Å². The summed E-state index contributed by atoms with van der Waals surface area (Å²) in [4.78, 5) is 11.2. The fourth-order valence-corrected chi connectivity index (χ4v) is 1.08. The van der Waals surface area contributed by atoms with Crippen LogP contribution in [-0.4, -0.2) is 12.6 Å². The van der Waals surface area contributed by atoms with E-state index in [-0.39, 0.29) is 6.03 Å². The highest BCUT2D eigenvalue weighted by atomic mass is 35.5. The molecule has 0 saturated heterocycles. The third kappa shape index (κ3) is 3.11. The summed E-state index contributed by atoms with van der Waals surface area (Å²) in [6, 6.07) is 6.75. The minimum atomic E-state index is -0.294. The van der Waals surface area contributed by atoms with E-state index in [4.69, 9.17) is 11.6 Å². The summed E-state index contributed by atoms with van der Waals surface area (Å²) >= 11 is 5.84. The van der Waals surface area contributed by atoms with Crippen molar-refractivity contribution in [2.45, 2.75) is 0 Å². The summed E-state index contributed by atoms with van der Waals surface area (Å²) in [6.07, 6.45) is 1.60. The van der Waals surface area contributed by atoms with Crippen LogP contribution in [0.15, 0.2) is 36.9 Å². The fraction of sp³-hybridized carbons (Fsp3) is 0.100. The number of carbonyl (C=O) groups is 1. The summed E-state index contributed by atoms with van der Waals surface area (Å²) in [5, 5.41) is 5.71. The molecule has 3 nitrogen and oxygen atoms in total. The zero-order valence-corrected chi connectivity index (χ0v) is 8.34. The highest BCUT2D eigenvalue weighted by Crippen LogP contribution is 2.19. The standard InChI is InChI=1S/C10H11ClN2O/c1-2-7-12-10(14)13-9-6-4-3-5-8(9)11/h2-6H,1,7H2,(H2,12,13,14). The fourth-order valence-electron chi connectivity index (χ4n) is 0.894. The predicted octanol–water partition coefficient (Wildman–Crippen LogP) is 2.65. The first-order chi connectivity index (χ1) is 6.74. The van der Waals surface area contributed by atoms with Crippen LogP contribution in [0.1, 0.15) is 0 Å². The molecule has 14 heavy (non-hydrogen) atoms. The second-order valence-electron chi connectivity index (χ2n) is 2.60. The van der Waals surface area contributed by atoms with Gasteiger partial charge in [0, 0.05) is 6.54 Å². The number of urea groups is 1. The Labute approximate surface area is 87.8 Å². The van der Waals surface area contributed by atoms with Gasteiger partial charge in [-0.05, 0) is 12.1 Å². The molecule has 0 aliphatic carbocycles. The third-order valence-corrected chi connectivity index (χ3v) is 1.86. The number of nitrogens with one attached hydrogen (secondary N) is 2. The predicted molar refractivity (Wildman–Crippen MR) is 58.7 cm³/mol. The largest absolute Gasteiger partial charge is 0.334 e. The van der Waals surface area contributed by atoms with Crippen molar-refractivity contribution < 1.29 is 4.79 Å². The molecule has 0 unspecified atom stereocenters. The van der Waals surface area contributed by atoms with E-state index in [1.54, 1.807) is 30.3 Å². The topological polar surface area (TPSA) is 41.1 Å². The van der Waals surface area contributed by atoms with Gasteiger partial charge >= 0.3 is 6.03 Å². The lowest BCUT2D eigenvalue weighted by atomic mass is 10.3. The van der Waals surface area contributed by atoms with Crippen molar-refractivity contribution >= 4 is 23.3 Å². The highest BCUT2D eigenvalue weighted by Gasteiger charge is 2.02. The zero-order valence-electron chi connectivity index (χ0n) is 7.59. The van der Waals surface area contributed by atoms with E-state index in [1.165, 1.54) is 0 Å². The van der Waals surface area contributed by atoms with Gasteiger partial charge in [0.2, 0.25) is 0 Å².